The molecule has 5 heteroatoms. The fourth-order valence-corrected chi connectivity index (χ4v) is 3.32. The van der Waals surface area contributed by atoms with Gasteiger partial charge < -0.3 is 5.32 Å². The Morgan fingerprint density at radius 3 is 3.22 bits per heavy atom. The predicted molar refractivity (Wildman–Crippen MR) is 75.0 cm³/mol. The van der Waals surface area contributed by atoms with Crippen LogP contribution in [0.25, 0.3) is 4.96 Å². The molecule has 0 aromatic carbocycles. The number of nitrogens with zero attached hydrogens (tertiary/aromatic N) is 3. The summed E-state index contributed by atoms with van der Waals surface area (Å²) in [5, 5.41) is 5.69. The van der Waals surface area contributed by atoms with Gasteiger partial charge in [-0.3, -0.25) is 9.30 Å². The van der Waals surface area contributed by atoms with E-state index in [4.69, 9.17) is 0 Å². The molecule has 0 bridgehead atoms. The van der Waals surface area contributed by atoms with Crippen LogP contribution in [0.2, 0.25) is 0 Å². The molecule has 0 amide bonds. The molecule has 0 radical (unpaired) electrons. The third-order valence-corrected chi connectivity index (χ3v) is 4.63. The van der Waals surface area contributed by atoms with Gasteiger partial charge in [0, 0.05) is 49.5 Å². The SMILES string of the molecule is CCC1(C)CN(Cc2cn3ccsc3n2)CCN1. The van der Waals surface area contributed by atoms with Gasteiger partial charge in [-0.05, 0) is 13.3 Å². The van der Waals surface area contributed by atoms with E-state index in [1.165, 1.54) is 12.1 Å². The molecule has 0 saturated carbocycles. The van der Waals surface area contributed by atoms with Crippen LogP contribution in [-0.2, 0) is 6.54 Å². The number of nitrogens with one attached hydrogen (secondary N) is 1. The van der Waals surface area contributed by atoms with E-state index in [2.05, 4.69) is 51.2 Å². The molecule has 2 aromatic heterocycles. The second-order valence-electron chi connectivity index (χ2n) is 5.38. The average molecular weight is 264 g/mol. The Morgan fingerprint density at radius 2 is 2.44 bits per heavy atom. The highest BCUT2D eigenvalue weighted by molar-refractivity contribution is 7.15. The third kappa shape index (κ3) is 2.30. The lowest BCUT2D eigenvalue weighted by Gasteiger charge is -2.40. The van der Waals surface area contributed by atoms with Crippen molar-refractivity contribution < 1.29 is 0 Å². The molecule has 2 aromatic rings. The largest absolute Gasteiger partial charge is 0.309 e. The molecule has 3 heterocycles. The van der Waals surface area contributed by atoms with Gasteiger partial charge in [-0.25, -0.2) is 4.98 Å². The number of imidazole rings is 1. The maximum Gasteiger partial charge on any atom is 0.193 e. The fourth-order valence-electron chi connectivity index (χ4n) is 2.60. The number of hydrogen-bond acceptors (Lipinski definition) is 4. The normalized spacial score (nSPS) is 25.9. The van der Waals surface area contributed by atoms with Gasteiger partial charge in [0.1, 0.15) is 0 Å². The summed E-state index contributed by atoms with van der Waals surface area (Å²) in [7, 11) is 0. The maximum absolute atomic E-state index is 4.66. The lowest BCUT2D eigenvalue weighted by molar-refractivity contribution is 0.132. The minimum absolute atomic E-state index is 0.259. The summed E-state index contributed by atoms with van der Waals surface area (Å²) in [5.41, 5.74) is 1.44. The highest BCUT2D eigenvalue weighted by Crippen LogP contribution is 2.18. The average Bonchev–Trinajstić information content (AvgIpc) is 2.90. The Balaban J connectivity index is 1.70. The van der Waals surface area contributed by atoms with Gasteiger partial charge in [-0.2, -0.15) is 0 Å². The van der Waals surface area contributed by atoms with Crippen molar-refractivity contribution in [3.63, 3.8) is 0 Å². The van der Waals surface area contributed by atoms with Crippen LogP contribution < -0.4 is 5.32 Å². The lowest BCUT2D eigenvalue weighted by atomic mass is 9.96. The standard InChI is InChI=1S/C13H20N4S/c1-3-13(2)10-16(5-4-14-13)8-11-9-17-6-7-18-12(17)15-11/h6-7,9,14H,3-5,8,10H2,1-2H3. The number of thiazole rings is 1. The van der Waals surface area contributed by atoms with Gasteiger partial charge in [-0.1, -0.05) is 6.92 Å². The highest BCUT2D eigenvalue weighted by atomic mass is 32.1. The molecular weight excluding hydrogens is 244 g/mol. The Morgan fingerprint density at radius 1 is 1.56 bits per heavy atom. The molecule has 0 spiro atoms. The fraction of sp³-hybridized carbons (Fsp3) is 0.615. The van der Waals surface area contributed by atoms with E-state index in [-0.39, 0.29) is 5.54 Å². The molecule has 18 heavy (non-hydrogen) atoms. The molecule has 1 N–H and O–H groups in total. The zero-order valence-corrected chi connectivity index (χ0v) is 11.8. The van der Waals surface area contributed by atoms with Crippen LogP contribution in [0, 0.1) is 0 Å². The summed E-state index contributed by atoms with van der Waals surface area (Å²) < 4.78 is 2.11. The van der Waals surface area contributed by atoms with Gasteiger partial charge in [0.05, 0.1) is 5.69 Å². The zero-order chi connectivity index (χ0) is 12.6. The number of fused-ring (bicyclic) bond motifs is 1. The Hall–Kier alpha value is -0.910. The van der Waals surface area contributed by atoms with Gasteiger partial charge in [0.25, 0.3) is 0 Å². The number of rotatable bonds is 3. The molecular formula is C13H20N4S. The first-order chi connectivity index (χ1) is 8.68. The molecule has 1 fully saturated rings. The third-order valence-electron chi connectivity index (χ3n) is 3.86. The van der Waals surface area contributed by atoms with E-state index in [1.807, 2.05) is 0 Å². The molecule has 3 rings (SSSR count). The molecule has 4 nitrogen and oxygen atoms in total. The van der Waals surface area contributed by atoms with Crippen molar-refractivity contribution >= 4 is 16.3 Å². The first kappa shape index (κ1) is 12.1. The molecule has 1 aliphatic rings. The van der Waals surface area contributed by atoms with E-state index in [0.29, 0.717) is 0 Å². The summed E-state index contributed by atoms with van der Waals surface area (Å²) in [6.07, 6.45) is 5.39. The first-order valence-electron chi connectivity index (χ1n) is 6.57. The van der Waals surface area contributed by atoms with Gasteiger partial charge in [0.2, 0.25) is 0 Å². The van der Waals surface area contributed by atoms with Crippen LogP contribution in [0.1, 0.15) is 26.0 Å². The molecule has 1 unspecified atom stereocenters. The van der Waals surface area contributed by atoms with Crippen LogP contribution >= 0.6 is 11.3 Å². The van der Waals surface area contributed by atoms with E-state index in [0.717, 1.165) is 31.1 Å². The second-order valence-corrected chi connectivity index (χ2v) is 6.25. The summed E-state index contributed by atoms with van der Waals surface area (Å²) in [4.78, 5) is 8.26. The van der Waals surface area contributed by atoms with Crippen molar-refractivity contribution in [3.8, 4) is 0 Å². The van der Waals surface area contributed by atoms with Crippen LogP contribution in [0.3, 0.4) is 0 Å². The molecule has 98 valence electrons. The van der Waals surface area contributed by atoms with E-state index in [1.54, 1.807) is 11.3 Å². The van der Waals surface area contributed by atoms with Crippen molar-refractivity contribution in [1.29, 1.82) is 0 Å². The summed E-state index contributed by atoms with van der Waals surface area (Å²) in [5.74, 6) is 0. The second kappa shape index (κ2) is 4.64. The van der Waals surface area contributed by atoms with Crippen molar-refractivity contribution in [1.82, 2.24) is 19.6 Å². The molecule has 1 atom stereocenters. The molecule has 1 aliphatic heterocycles. The summed E-state index contributed by atoms with van der Waals surface area (Å²) >= 11 is 1.70. The van der Waals surface area contributed by atoms with Crippen molar-refractivity contribution in [2.45, 2.75) is 32.4 Å². The Labute approximate surface area is 112 Å². The van der Waals surface area contributed by atoms with Crippen LogP contribution in [0.4, 0.5) is 0 Å². The summed E-state index contributed by atoms with van der Waals surface area (Å²) in [6.45, 7) is 8.82. The van der Waals surface area contributed by atoms with Crippen LogP contribution in [0.5, 0.6) is 0 Å². The number of hydrogen-bond donors (Lipinski definition) is 1. The van der Waals surface area contributed by atoms with Crippen molar-refractivity contribution in [2.75, 3.05) is 19.6 Å². The highest BCUT2D eigenvalue weighted by Gasteiger charge is 2.28. The smallest absolute Gasteiger partial charge is 0.193 e. The Kier molecular flexibility index (Phi) is 3.13. The quantitative estimate of drug-likeness (QED) is 0.920. The van der Waals surface area contributed by atoms with E-state index in [9.17, 15) is 0 Å². The van der Waals surface area contributed by atoms with Gasteiger partial charge in [-0.15, -0.1) is 11.3 Å². The summed E-state index contributed by atoms with van der Waals surface area (Å²) in [6, 6.07) is 0. The Bertz CT molecular complexity index is 503. The van der Waals surface area contributed by atoms with E-state index >= 15 is 0 Å². The lowest BCUT2D eigenvalue weighted by Crippen LogP contribution is -2.58. The number of piperazine rings is 1. The zero-order valence-electron chi connectivity index (χ0n) is 11.0. The van der Waals surface area contributed by atoms with Crippen LogP contribution in [0.15, 0.2) is 17.8 Å². The minimum Gasteiger partial charge on any atom is -0.309 e. The molecule has 1 saturated heterocycles. The monoisotopic (exact) mass is 264 g/mol. The van der Waals surface area contributed by atoms with Gasteiger partial charge in [0.15, 0.2) is 4.96 Å². The molecule has 0 aliphatic carbocycles. The van der Waals surface area contributed by atoms with Gasteiger partial charge >= 0.3 is 0 Å². The number of aromatic nitrogens is 2. The maximum atomic E-state index is 4.66. The topological polar surface area (TPSA) is 32.6 Å². The van der Waals surface area contributed by atoms with Crippen LogP contribution in [-0.4, -0.2) is 39.5 Å². The predicted octanol–water partition coefficient (Wildman–Crippen LogP) is 1.97. The minimum atomic E-state index is 0.259. The first-order valence-corrected chi connectivity index (χ1v) is 7.45. The van der Waals surface area contributed by atoms with Crippen molar-refractivity contribution in [2.24, 2.45) is 0 Å². The van der Waals surface area contributed by atoms with E-state index < -0.39 is 0 Å². The van der Waals surface area contributed by atoms with Crippen molar-refractivity contribution in [3.05, 3.63) is 23.5 Å².